The number of benzene rings is 1. The molecule has 3 aromatic rings. The number of aliphatic hydroxyl groups is 1. The van der Waals surface area contributed by atoms with Gasteiger partial charge < -0.3 is 39.3 Å². The predicted octanol–water partition coefficient (Wildman–Crippen LogP) is 5.45. The largest absolute Gasteiger partial charge is 0.444 e. The van der Waals surface area contributed by atoms with Gasteiger partial charge in [0.25, 0.3) is 0 Å². The average molecular weight is 776 g/mol. The van der Waals surface area contributed by atoms with E-state index in [0.717, 1.165) is 86.2 Å². The van der Waals surface area contributed by atoms with Crippen LogP contribution in [0.5, 0.6) is 0 Å². The van der Waals surface area contributed by atoms with Gasteiger partial charge in [-0.1, -0.05) is 43.3 Å². The van der Waals surface area contributed by atoms with E-state index < -0.39 is 23.7 Å². The van der Waals surface area contributed by atoms with Crippen molar-refractivity contribution in [3.05, 3.63) is 52.9 Å². The number of piperidine rings is 1. The zero-order chi connectivity index (χ0) is 39.2. The molecule has 298 valence electrons. The molecule has 7 rings (SSSR count). The number of hydrogen-bond acceptors (Lipinski definition) is 11. The van der Waals surface area contributed by atoms with Crippen LogP contribution in [0.15, 0.2) is 40.4 Å². The number of carbonyl (C=O) groups is 3. The number of aryl methyl sites for hydroxylation is 1. The summed E-state index contributed by atoms with van der Waals surface area (Å²) in [6.07, 6.45) is 1.17. The average Bonchev–Trinajstić information content (AvgIpc) is 3.85. The van der Waals surface area contributed by atoms with Gasteiger partial charge in [0.2, 0.25) is 11.8 Å². The molecule has 0 radical (unpaired) electrons. The van der Waals surface area contributed by atoms with Crippen LogP contribution in [0, 0.1) is 24.2 Å². The number of nitrogens with one attached hydrogen (secondary N) is 1. The summed E-state index contributed by atoms with van der Waals surface area (Å²) in [7, 11) is 0. The summed E-state index contributed by atoms with van der Waals surface area (Å²) in [4.78, 5) is 53.9. The van der Waals surface area contributed by atoms with E-state index in [2.05, 4.69) is 25.3 Å². The fourth-order valence-electron chi connectivity index (χ4n) is 8.84. The van der Waals surface area contributed by atoms with Gasteiger partial charge in [-0.3, -0.25) is 9.59 Å². The minimum atomic E-state index is -0.792. The smallest absolute Gasteiger partial charge is 0.410 e. The number of ether oxygens (including phenoxy) is 1. The van der Waals surface area contributed by atoms with Gasteiger partial charge in [-0.25, -0.2) is 9.78 Å². The molecular weight excluding hydrogens is 719 g/mol. The summed E-state index contributed by atoms with van der Waals surface area (Å²) in [6, 6.07) is 8.88. The molecule has 13 nitrogen and oxygen atoms in total. The lowest BCUT2D eigenvalue weighted by Crippen LogP contribution is -2.72. The second-order valence-corrected chi connectivity index (χ2v) is 18.6. The van der Waals surface area contributed by atoms with Crippen LogP contribution in [0.2, 0.25) is 0 Å². The molecule has 3 amide bonds. The van der Waals surface area contributed by atoms with Crippen LogP contribution in [0.1, 0.15) is 89.8 Å². The third-order valence-corrected chi connectivity index (χ3v) is 12.7. The van der Waals surface area contributed by atoms with Crippen molar-refractivity contribution in [1.29, 1.82) is 0 Å². The molecule has 1 aromatic carbocycles. The molecule has 0 saturated carbocycles. The Kier molecular flexibility index (Phi) is 11.1. The molecule has 4 saturated heterocycles. The fraction of sp³-hybridized carbons (Fsp3) is 0.634. The SMILES string of the molecule is Cc1ncsc1-c1ccc(C(C)NC(=O)[C@@H]2C[C@@H](O)CN2C(=O)C(c2cc(N3CC4(CN(CC5CCN(C(=O)OC(C)(C)C)CC5)C4)C3)no2)C(C)C)cc1. The number of likely N-dealkylation sites (tertiary alicyclic amines) is 3. The number of thiazole rings is 1. The van der Waals surface area contributed by atoms with E-state index >= 15 is 0 Å². The number of hydrogen-bond donors (Lipinski definition) is 2. The number of amides is 3. The number of β-amino-alcohol motifs (C(OH)–C–C–N with tert-alkyl or cyclic N) is 1. The Balaban J connectivity index is 0.903. The highest BCUT2D eigenvalue weighted by molar-refractivity contribution is 7.13. The van der Waals surface area contributed by atoms with Crippen LogP contribution < -0.4 is 10.2 Å². The molecule has 55 heavy (non-hydrogen) atoms. The van der Waals surface area contributed by atoms with Gasteiger partial charge in [0.05, 0.1) is 28.2 Å². The standard InChI is InChI=1S/C41H57N7O6S/c1-25(2)35(38(51)48-19-31(49)16-32(48)37(50)43-26(3)29-8-10-30(11-9-29)36-27(4)42-24-55-36)33-17-34(44-54-33)47-22-41(23-47)20-45(21-41)18-28-12-14-46(15-13-28)39(52)53-40(5,6)7/h8-11,17,24-26,28,31-32,35,49H,12-16,18-23H2,1-7H3,(H,43,50)/t26?,31-,32+,35?/m1/s1. The Morgan fingerprint density at radius 1 is 1.07 bits per heavy atom. The van der Waals surface area contributed by atoms with Crippen molar-refractivity contribution in [1.82, 2.24) is 30.2 Å². The molecule has 0 aliphatic carbocycles. The van der Waals surface area contributed by atoms with Gasteiger partial charge in [0, 0.05) is 70.3 Å². The van der Waals surface area contributed by atoms with Gasteiger partial charge in [-0.15, -0.1) is 11.3 Å². The third kappa shape index (κ3) is 8.56. The topological polar surface area (TPSA) is 145 Å². The fourth-order valence-corrected chi connectivity index (χ4v) is 9.65. The van der Waals surface area contributed by atoms with Gasteiger partial charge in [-0.2, -0.15) is 0 Å². The molecule has 2 aromatic heterocycles. The van der Waals surface area contributed by atoms with E-state index in [1.165, 1.54) is 4.90 Å². The maximum Gasteiger partial charge on any atom is 0.410 e. The van der Waals surface area contributed by atoms with Crippen LogP contribution in [0.3, 0.4) is 0 Å². The molecule has 14 heteroatoms. The van der Waals surface area contributed by atoms with Gasteiger partial charge in [0.1, 0.15) is 17.6 Å². The van der Waals surface area contributed by atoms with E-state index in [1.54, 1.807) is 11.3 Å². The highest BCUT2D eigenvalue weighted by Gasteiger charge is 2.53. The minimum absolute atomic E-state index is 0.0897. The number of rotatable bonds is 10. The molecule has 4 fully saturated rings. The van der Waals surface area contributed by atoms with Crippen molar-refractivity contribution in [2.24, 2.45) is 17.3 Å². The van der Waals surface area contributed by atoms with E-state index in [0.29, 0.717) is 11.7 Å². The molecule has 4 aliphatic rings. The number of anilines is 1. The number of carbonyl (C=O) groups excluding carboxylic acids is 3. The van der Waals surface area contributed by atoms with Crippen molar-refractivity contribution < 1.29 is 28.8 Å². The summed E-state index contributed by atoms with van der Waals surface area (Å²) in [5.41, 5.74) is 4.63. The molecule has 0 bridgehead atoms. The van der Waals surface area contributed by atoms with Crippen molar-refractivity contribution in [3.8, 4) is 10.4 Å². The van der Waals surface area contributed by atoms with Crippen molar-refractivity contribution in [3.63, 3.8) is 0 Å². The van der Waals surface area contributed by atoms with Gasteiger partial charge in [-0.05, 0) is 70.4 Å². The first kappa shape index (κ1) is 39.2. The maximum absolute atomic E-state index is 14.2. The van der Waals surface area contributed by atoms with Crippen LogP contribution in [0.4, 0.5) is 10.6 Å². The second-order valence-electron chi connectivity index (χ2n) is 17.8. The number of aromatic nitrogens is 2. The Labute approximate surface area is 328 Å². The zero-order valence-electron chi connectivity index (χ0n) is 33.3. The first-order valence-electron chi connectivity index (χ1n) is 19.8. The van der Waals surface area contributed by atoms with Crippen LogP contribution in [-0.2, 0) is 14.3 Å². The maximum atomic E-state index is 14.2. The highest BCUT2D eigenvalue weighted by Crippen LogP contribution is 2.43. The lowest BCUT2D eigenvalue weighted by Gasteiger charge is -2.61. The molecular formula is C41H57N7O6S. The molecule has 1 spiro atoms. The second kappa shape index (κ2) is 15.5. The monoisotopic (exact) mass is 775 g/mol. The quantitative estimate of drug-likeness (QED) is 0.273. The molecule has 4 aliphatic heterocycles. The van der Waals surface area contributed by atoms with Crippen molar-refractivity contribution >= 4 is 35.1 Å². The van der Waals surface area contributed by atoms with Gasteiger partial charge in [0.15, 0.2) is 11.6 Å². The van der Waals surface area contributed by atoms with E-state index in [4.69, 9.17) is 9.26 Å². The van der Waals surface area contributed by atoms with E-state index in [-0.39, 0.29) is 48.2 Å². The zero-order valence-corrected chi connectivity index (χ0v) is 34.1. The Morgan fingerprint density at radius 3 is 2.38 bits per heavy atom. The molecule has 4 atom stereocenters. The summed E-state index contributed by atoms with van der Waals surface area (Å²) in [5.74, 6) is 0.511. The van der Waals surface area contributed by atoms with Crippen LogP contribution in [-0.4, -0.2) is 118 Å². The summed E-state index contributed by atoms with van der Waals surface area (Å²) >= 11 is 1.60. The molecule has 2 unspecified atom stereocenters. The summed E-state index contributed by atoms with van der Waals surface area (Å²) in [5, 5.41) is 18.2. The minimum Gasteiger partial charge on any atom is -0.444 e. The van der Waals surface area contributed by atoms with E-state index in [9.17, 15) is 19.5 Å². The van der Waals surface area contributed by atoms with Crippen LogP contribution >= 0.6 is 11.3 Å². The highest BCUT2D eigenvalue weighted by atomic mass is 32.1. The number of aliphatic hydroxyl groups excluding tert-OH is 1. The van der Waals surface area contributed by atoms with E-state index in [1.807, 2.05) is 89.2 Å². The van der Waals surface area contributed by atoms with Crippen molar-refractivity contribution in [2.45, 2.75) is 97.4 Å². The first-order chi connectivity index (χ1) is 26.1. The van der Waals surface area contributed by atoms with Crippen molar-refractivity contribution in [2.75, 3.05) is 57.3 Å². The predicted molar refractivity (Wildman–Crippen MR) is 211 cm³/mol. The Bertz CT molecular complexity index is 1830. The summed E-state index contributed by atoms with van der Waals surface area (Å²) in [6.45, 7) is 20.1. The normalized spacial score (nSPS) is 22.7. The van der Waals surface area contributed by atoms with Crippen LogP contribution in [0.25, 0.3) is 10.4 Å². The summed E-state index contributed by atoms with van der Waals surface area (Å²) < 4.78 is 11.4. The van der Waals surface area contributed by atoms with Gasteiger partial charge >= 0.3 is 6.09 Å². The Morgan fingerprint density at radius 2 is 1.76 bits per heavy atom. The Hall–Kier alpha value is -4.01. The lowest BCUT2D eigenvalue weighted by molar-refractivity contribution is -0.141. The lowest BCUT2D eigenvalue weighted by atomic mass is 9.72. The molecule has 2 N–H and O–H groups in total. The third-order valence-electron chi connectivity index (χ3n) is 11.7. The molecule has 6 heterocycles. The first-order valence-corrected chi connectivity index (χ1v) is 20.7. The number of nitrogens with zero attached hydrogens (tertiary/aromatic N) is 6.